The van der Waals surface area contributed by atoms with Gasteiger partial charge >= 0.3 is 0 Å². The Bertz CT molecular complexity index is 1620. The van der Waals surface area contributed by atoms with Gasteiger partial charge in [0.05, 0.1) is 29.9 Å². The van der Waals surface area contributed by atoms with Crippen molar-refractivity contribution >= 4 is 40.4 Å². The van der Waals surface area contributed by atoms with Crippen molar-refractivity contribution in [1.29, 1.82) is 0 Å². The zero-order valence-electron chi connectivity index (χ0n) is 26.3. The molecule has 2 fully saturated rings. The summed E-state index contributed by atoms with van der Waals surface area (Å²) < 4.78 is 5.44. The van der Waals surface area contributed by atoms with Gasteiger partial charge in [0.15, 0.2) is 0 Å². The molecular formula is C35H40N6O4. The van der Waals surface area contributed by atoms with Crippen molar-refractivity contribution < 1.29 is 14.5 Å². The Kier molecular flexibility index (Phi) is 8.58. The maximum atomic E-state index is 14.3. The number of nitrogens with zero attached hydrogens (tertiary/aromatic N) is 6. The van der Waals surface area contributed by atoms with Gasteiger partial charge in [-0.2, -0.15) is 5.10 Å². The third kappa shape index (κ3) is 6.15. The molecule has 0 bridgehead atoms. The number of benzene rings is 3. The van der Waals surface area contributed by atoms with E-state index in [1.165, 1.54) is 6.07 Å². The lowest BCUT2D eigenvalue weighted by Gasteiger charge is -2.30. The SMILES string of the molecule is CN(C)c1ccc(/C=C2\CCC[C@@H]3C2=NN(C(=O)c2ccc(N4CCOCC4)c([N+](=O)[O-])c2)[C@H]3c2ccc(N(C)C)cc2)cc1. The molecule has 2 aliphatic heterocycles. The van der Waals surface area contributed by atoms with Crippen LogP contribution in [0.3, 0.4) is 0 Å². The maximum Gasteiger partial charge on any atom is 0.293 e. The fourth-order valence-electron chi connectivity index (χ4n) is 6.55. The predicted octanol–water partition coefficient (Wildman–Crippen LogP) is 6.00. The number of allylic oxidation sites excluding steroid dienone is 1. The molecule has 3 aromatic carbocycles. The van der Waals surface area contributed by atoms with Crippen molar-refractivity contribution in [2.24, 2.45) is 11.0 Å². The largest absolute Gasteiger partial charge is 0.378 e. The van der Waals surface area contributed by atoms with Crippen LogP contribution in [0.5, 0.6) is 0 Å². The summed E-state index contributed by atoms with van der Waals surface area (Å²) >= 11 is 0. The summed E-state index contributed by atoms with van der Waals surface area (Å²) in [6.07, 6.45) is 4.94. The van der Waals surface area contributed by atoms with Crippen LogP contribution in [0.2, 0.25) is 0 Å². The fourth-order valence-corrected chi connectivity index (χ4v) is 6.55. The lowest BCUT2D eigenvalue weighted by atomic mass is 9.77. The first-order valence-electron chi connectivity index (χ1n) is 15.5. The van der Waals surface area contributed by atoms with Gasteiger partial charge in [0.25, 0.3) is 11.6 Å². The molecule has 2 atom stereocenters. The van der Waals surface area contributed by atoms with E-state index in [1.807, 2.05) is 38.0 Å². The first kappa shape index (κ1) is 30.3. The molecule has 0 radical (unpaired) electrons. The van der Waals surface area contributed by atoms with Crippen molar-refractivity contribution in [3.05, 3.63) is 99.1 Å². The number of amides is 1. The second-order valence-electron chi connectivity index (χ2n) is 12.3. The average molecular weight is 609 g/mol. The summed E-state index contributed by atoms with van der Waals surface area (Å²) in [4.78, 5) is 32.2. The number of rotatable bonds is 7. The van der Waals surface area contributed by atoms with Gasteiger partial charge in [-0.15, -0.1) is 0 Å². The van der Waals surface area contributed by atoms with Crippen LogP contribution in [-0.2, 0) is 4.74 Å². The number of ether oxygens (including phenoxy) is 1. The first-order chi connectivity index (χ1) is 21.7. The van der Waals surface area contributed by atoms with Crippen molar-refractivity contribution in [2.75, 3.05) is 69.2 Å². The van der Waals surface area contributed by atoms with E-state index >= 15 is 0 Å². The normalized spacial score (nSPS) is 20.5. The van der Waals surface area contributed by atoms with Crippen molar-refractivity contribution in [3.63, 3.8) is 0 Å². The highest BCUT2D eigenvalue weighted by molar-refractivity contribution is 6.09. The minimum Gasteiger partial charge on any atom is -0.378 e. The first-order valence-corrected chi connectivity index (χ1v) is 15.5. The van der Waals surface area contributed by atoms with E-state index < -0.39 is 4.92 Å². The van der Waals surface area contributed by atoms with Gasteiger partial charge in [0.1, 0.15) is 5.69 Å². The topological polar surface area (TPSA) is 94.8 Å². The highest BCUT2D eigenvalue weighted by Crippen LogP contribution is 2.45. The molecular weight excluding hydrogens is 568 g/mol. The molecule has 1 amide bonds. The van der Waals surface area contributed by atoms with Crippen molar-refractivity contribution in [2.45, 2.75) is 25.3 Å². The Hall–Kier alpha value is -4.70. The second-order valence-corrected chi connectivity index (χ2v) is 12.3. The van der Waals surface area contributed by atoms with E-state index in [4.69, 9.17) is 9.84 Å². The van der Waals surface area contributed by atoms with Crippen LogP contribution in [0, 0.1) is 16.0 Å². The number of morpholine rings is 1. The molecule has 234 valence electrons. The third-order valence-electron chi connectivity index (χ3n) is 8.98. The summed E-state index contributed by atoms with van der Waals surface area (Å²) in [5, 5.41) is 18.8. The van der Waals surface area contributed by atoms with E-state index in [0.29, 0.717) is 32.0 Å². The number of nitro benzene ring substituents is 1. The van der Waals surface area contributed by atoms with Crippen LogP contribution in [0.15, 0.2) is 77.4 Å². The Balaban J connectivity index is 1.39. The minimum absolute atomic E-state index is 0.0165. The van der Waals surface area contributed by atoms with Gasteiger partial charge in [-0.1, -0.05) is 24.3 Å². The van der Waals surface area contributed by atoms with Crippen LogP contribution in [-0.4, -0.2) is 76.0 Å². The number of nitro groups is 1. The van der Waals surface area contributed by atoms with Crippen LogP contribution in [0.25, 0.3) is 6.08 Å². The van der Waals surface area contributed by atoms with E-state index in [-0.39, 0.29) is 29.1 Å². The Morgan fingerprint density at radius 2 is 1.60 bits per heavy atom. The highest BCUT2D eigenvalue weighted by atomic mass is 16.6. The Labute approximate surface area is 264 Å². The molecule has 2 heterocycles. The Morgan fingerprint density at radius 1 is 0.956 bits per heavy atom. The van der Waals surface area contributed by atoms with Gasteiger partial charge < -0.3 is 19.4 Å². The average Bonchev–Trinajstić information content (AvgIpc) is 3.45. The number of hydrogen-bond donors (Lipinski definition) is 0. The molecule has 1 saturated carbocycles. The fraction of sp³-hybridized carbons (Fsp3) is 0.371. The van der Waals surface area contributed by atoms with Gasteiger partial charge in [0, 0.05) is 70.2 Å². The monoisotopic (exact) mass is 608 g/mol. The number of carbonyl (C=O) groups is 1. The smallest absolute Gasteiger partial charge is 0.293 e. The zero-order chi connectivity index (χ0) is 31.7. The quantitative estimate of drug-likeness (QED) is 0.240. The van der Waals surface area contributed by atoms with Crippen LogP contribution in [0.1, 0.15) is 46.8 Å². The van der Waals surface area contributed by atoms with E-state index in [2.05, 4.69) is 59.5 Å². The number of carbonyl (C=O) groups excluding carboxylic acids is 1. The summed E-state index contributed by atoms with van der Waals surface area (Å²) in [6, 6.07) is 21.1. The summed E-state index contributed by atoms with van der Waals surface area (Å²) in [5.74, 6) is -0.326. The van der Waals surface area contributed by atoms with E-state index in [0.717, 1.165) is 53.0 Å². The number of hydrazone groups is 1. The predicted molar refractivity (Wildman–Crippen MR) is 179 cm³/mol. The zero-order valence-corrected chi connectivity index (χ0v) is 26.3. The molecule has 45 heavy (non-hydrogen) atoms. The standard InChI is InChI=1S/C35H40N6O4/c1-37(2)28-13-8-24(9-14-28)22-26-6-5-7-30-33(26)36-40(34(30)25-10-15-29(16-11-25)38(3)4)35(42)27-12-17-31(32(23-27)41(43)44)39-18-20-45-21-19-39/h8-17,22-23,30,34H,5-7,18-21H2,1-4H3/b26-22+/t30-,34+/m1/s1. The molecule has 10 nitrogen and oxygen atoms in total. The van der Waals surface area contributed by atoms with Crippen LogP contribution in [0.4, 0.5) is 22.7 Å². The molecule has 10 heteroatoms. The molecule has 0 aromatic heterocycles. The van der Waals surface area contributed by atoms with E-state index in [9.17, 15) is 14.9 Å². The molecule has 0 N–H and O–H groups in total. The maximum absolute atomic E-state index is 14.3. The lowest BCUT2D eigenvalue weighted by molar-refractivity contribution is -0.384. The highest BCUT2D eigenvalue weighted by Gasteiger charge is 2.44. The molecule has 6 rings (SSSR count). The van der Waals surface area contributed by atoms with Crippen LogP contribution >= 0.6 is 0 Å². The second kappa shape index (κ2) is 12.7. The molecule has 3 aliphatic rings. The molecule has 1 saturated heterocycles. The summed E-state index contributed by atoms with van der Waals surface area (Å²) in [7, 11) is 8.04. The van der Waals surface area contributed by atoms with Crippen LogP contribution < -0.4 is 14.7 Å². The van der Waals surface area contributed by atoms with Crippen molar-refractivity contribution in [3.8, 4) is 0 Å². The Morgan fingerprint density at radius 3 is 2.22 bits per heavy atom. The lowest BCUT2D eigenvalue weighted by Crippen LogP contribution is -2.36. The van der Waals surface area contributed by atoms with Gasteiger partial charge in [-0.25, -0.2) is 5.01 Å². The third-order valence-corrected chi connectivity index (χ3v) is 8.98. The molecule has 3 aromatic rings. The summed E-state index contributed by atoms with van der Waals surface area (Å²) in [5.41, 5.74) is 7.00. The number of anilines is 3. The van der Waals surface area contributed by atoms with E-state index in [1.54, 1.807) is 17.1 Å². The minimum atomic E-state index is -0.406. The molecule has 1 aliphatic carbocycles. The number of fused-ring (bicyclic) bond motifs is 1. The number of hydrogen-bond acceptors (Lipinski definition) is 8. The molecule has 0 unspecified atom stereocenters. The van der Waals surface area contributed by atoms with Gasteiger partial charge in [-0.05, 0) is 78.4 Å². The van der Waals surface area contributed by atoms with Gasteiger partial charge in [-0.3, -0.25) is 14.9 Å². The molecule has 0 spiro atoms. The van der Waals surface area contributed by atoms with Gasteiger partial charge in [0.2, 0.25) is 0 Å². The summed E-state index contributed by atoms with van der Waals surface area (Å²) in [6.45, 7) is 2.14. The van der Waals surface area contributed by atoms with Crippen molar-refractivity contribution in [1.82, 2.24) is 5.01 Å².